The Balaban J connectivity index is 2.29. The van der Waals surface area contributed by atoms with Gasteiger partial charge in [0.2, 0.25) is 0 Å². The van der Waals surface area contributed by atoms with Crippen molar-refractivity contribution in [2.45, 2.75) is 40.0 Å². The van der Waals surface area contributed by atoms with Crippen LogP contribution in [0.25, 0.3) is 0 Å². The van der Waals surface area contributed by atoms with Gasteiger partial charge in [0, 0.05) is 0 Å². The third-order valence-electron chi connectivity index (χ3n) is 2.89. The van der Waals surface area contributed by atoms with Crippen LogP contribution in [-0.4, -0.2) is 6.61 Å². The van der Waals surface area contributed by atoms with E-state index in [1.807, 2.05) is 20.8 Å². The van der Waals surface area contributed by atoms with Gasteiger partial charge in [0.25, 0.3) is 0 Å². The van der Waals surface area contributed by atoms with Crippen LogP contribution in [0.4, 0.5) is 4.39 Å². The topological polar surface area (TPSA) is 33.0 Å². The van der Waals surface area contributed by atoms with Gasteiger partial charge in [-0.2, -0.15) is 5.26 Å². The predicted octanol–water partition coefficient (Wildman–Crippen LogP) is 4.23. The Morgan fingerprint density at radius 3 is 2.67 bits per heavy atom. The summed E-state index contributed by atoms with van der Waals surface area (Å²) in [7, 11) is 0. The lowest BCUT2D eigenvalue weighted by molar-refractivity contribution is 0.293. The summed E-state index contributed by atoms with van der Waals surface area (Å²) in [6.07, 6.45) is 2.73. The molecule has 0 bridgehead atoms. The van der Waals surface area contributed by atoms with Gasteiger partial charge in [-0.05, 0) is 63.8 Å². The highest BCUT2D eigenvalue weighted by atomic mass is 19.1. The van der Waals surface area contributed by atoms with Crippen LogP contribution in [-0.2, 0) is 0 Å². The SMILES string of the molecule is Cc1cc(F)ccc1OCCCCC(C)(C)C#N. The number of benzene rings is 1. The minimum absolute atomic E-state index is 0.240. The van der Waals surface area contributed by atoms with Gasteiger partial charge >= 0.3 is 0 Å². The normalized spacial score (nSPS) is 11.1. The van der Waals surface area contributed by atoms with E-state index in [1.54, 1.807) is 6.07 Å². The number of nitriles is 1. The molecule has 1 rings (SSSR count). The number of hydrogen-bond donors (Lipinski definition) is 0. The van der Waals surface area contributed by atoms with Gasteiger partial charge in [0.1, 0.15) is 11.6 Å². The number of halogens is 1. The van der Waals surface area contributed by atoms with E-state index in [-0.39, 0.29) is 11.2 Å². The molecular weight excluding hydrogens is 229 g/mol. The average Bonchev–Trinajstić information content (AvgIpc) is 2.31. The monoisotopic (exact) mass is 249 g/mol. The highest BCUT2D eigenvalue weighted by Crippen LogP contribution is 2.22. The Labute approximate surface area is 108 Å². The Bertz CT molecular complexity index is 435. The van der Waals surface area contributed by atoms with Crippen molar-refractivity contribution >= 4 is 0 Å². The minimum atomic E-state index is -0.258. The molecule has 0 aromatic heterocycles. The number of rotatable bonds is 6. The maximum atomic E-state index is 12.9. The van der Waals surface area contributed by atoms with Crippen LogP contribution in [0.5, 0.6) is 5.75 Å². The highest BCUT2D eigenvalue weighted by molar-refractivity contribution is 5.32. The van der Waals surface area contributed by atoms with Gasteiger partial charge in [0.15, 0.2) is 0 Å². The van der Waals surface area contributed by atoms with Crippen molar-refractivity contribution in [3.63, 3.8) is 0 Å². The van der Waals surface area contributed by atoms with Crippen molar-refractivity contribution in [2.75, 3.05) is 6.61 Å². The van der Waals surface area contributed by atoms with Crippen LogP contribution in [0, 0.1) is 29.5 Å². The van der Waals surface area contributed by atoms with E-state index in [0.29, 0.717) is 6.61 Å². The molecule has 0 spiro atoms. The molecule has 0 saturated carbocycles. The third kappa shape index (κ3) is 4.75. The van der Waals surface area contributed by atoms with Gasteiger partial charge in [-0.25, -0.2) is 4.39 Å². The lowest BCUT2D eigenvalue weighted by Crippen LogP contribution is -2.08. The first kappa shape index (κ1) is 14.5. The Hall–Kier alpha value is -1.56. The standard InChI is InChI=1S/C15H20FNO/c1-12-10-13(16)6-7-14(12)18-9-5-4-8-15(2,3)11-17/h6-7,10H,4-5,8-9H2,1-3H3. The summed E-state index contributed by atoms with van der Waals surface area (Å²) < 4.78 is 18.5. The fourth-order valence-electron chi connectivity index (χ4n) is 1.68. The van der Waals surface area contributed by atoms with Crippen molar-refractivity contribution in [1.82, 2.24) is 0 Å². The van der Waals surface area contributed by atoms with Gasteiger partial charge in [-0.3, -0.25) is 0 Å². The van der Waals surface area contributed by atoms with Gasteiger partial charge in [-0.15, -0.1) is 0 Å². The summed E-state index contributed by atoms with van der Waals surface area (Å²) >= 11 is 0. The molecule has 0 unspecified atom stereocenters. The van der Waals surface area contributed by atoms with Gasteiger partial charge in [0.05, 0.1) is 18.1 Å². The number of ether oxygens (including phenoxy) is 1. The second-order valence-electron chi connectivity index (χ2n) is 5.21. The zero-order valence-electron chi connectivity index (χ0n) is 11.3. The lowest BCUT2D eigenvalue weighted by Gasteiger charge is -2.14. The summed E-state index contributed by atoms with van der Waals surface area (Å²) in [5.74, 6) is 0.492. The Morgan fingerprint density at radius 1 is 1.33 bits per heavy atom. The summed E-state index contributed by atoms with van der Waals surface area (Å²) in [5.41, 5.74) is 0.554. The molecule has 0 N–H and O–H groups in total. The second kappa shape index (κ2) is 6.39. The zero-order chi connectivity index (χ0) is 13.6. The molecule has 0 aliphatic heterocycles. The van der Waals surface area contributed by atoms with Crippen molar-refractivity contribution in [1.29, 1.82) is 5.26 Å². The molecule has 0 fully saturated rings. The van der Waals surface area contributed by atoms with Crippen LogP contribution < -0.4 is 4.74 Å². The van der Waals surface area contributed by atoms with Crippen LogP contribution in [0.1, 0.15) is 38.7 Å². The average molecular weight is 249 g/mol. The third-order valence-corrected chi connectivity index (χ3v) is 2.89. The first-order chi connectivity index (χ1) is 8.44. The summed E-state index contributed by atoms with van der Waals surface area (Å²) in [6.45, 7) is 6.32. The summed E-state index contributed by atoms with van der Waals surface area (Å²) in [4.78, 5) is 0. The van der Waals surface area contributed by atoms with Crippen LogP contribution in [0.2, 0.25) is 0 Å². The predicted molar refractivity (Wildman–Crippen MR) is 69.9 cm³/mol. The molecule has 0 heterocycles. The Kier molecular flexibility index (Phi) is 5.15. The molecule has 0 aliphatic rings. The molecule has 1 aromatic carbocycles. The van der Waals surface area contributed by atoms with Crippen molar-refractivity contribution in [3.05, 3.63) is 29.6 Å². The van der Waals surface area contributed by atoms with Gasteiger partial charge in [-0.1, -0.05) is 0 Å². The maximum Gasteiger partial charge on any atom is 0.123 e. The molecule has 0 amide bonds. The molecule has 0 saturated heterocycles. The first-order valence-electron chi connectivity index (χ1n) is 6.25. The molecule has 0 atom stereocenters. The largest absolute Gasteiger partial charge is 0.493 e. The smallest absolute Gasteiger partial charge is 0.123 e. The minimum Gasteiger partial charge on any atom is -0.493 e. The van der Waals surface area contributed by atoms with E-state index in [4.69, 9.17) is 10.00 Å². The zero-order valence-corrected chi connectivity index (χ0v) is 11.3. The number of nitrogens with zero attached hydrogens (tertiary/aromatic N) is 1. The molecule has 18 heavy (non-hydrogen) atoms. The lowest BCUT2D eigenvalue weighted by atomic mass is 9.89. The molecule has 98 valence electrons. The summed E-state index contributed by atoms with van der Waals surface area (Å²) in [5, 5.41) is 8.87. The highest BCUT2D eigenvalue weighted by Gasteiger charge is 2.15. The maximum absolute atomic E-state index is 12.9. The van der Waals surface area contributed by atoms with Crippen molar-refractivity contribution < 1.29 is 9.13 Å². The fraction of sp³-hybridized carbons (Fsp3) is 0.533. The van der Waals surface area contributed by atoms with E-state index >= 15 is 0 Å². The molecule has 0 aliphatic carbocycles. The summed E-state index contributed by atoms with van der Waals surface area (Å²) in [6, 6.07) is 6.81. The number of aryl methyl sites for hydroxylation is 1. The first-order valence-corrected chi connectivity index (χ1v) is 6.25. The molecule has 2 nitrogen and oxygen atoms in total. The fourth-order valence-corrected chi connectivity index (χ4v) is 1.68. The van der Waals surface area contributed by atoms with E-state index in [0.717, 1.165) is 30.6 Å². The van der Waals surface area contributed by atoms with E-state index in [1.165, 1.54) is 12.1 Å². The molecule has 3 heteroatoms. The number of unbranched alkanes of at least 4 members (excludes halogenated alkanes) is 1. The molecule has 0 radical (unpaired) electrons. The molecule has 1 aromatic rings. The van der Waals surface area contributed by atoms with Crippen LogP contribution in [0.3, 0.4) is 0 Å². The van der Waals surface area contributed by atoms with Crippen molar-refractivity contribution in [3.8, 4) is 11.8 Å². The number of hydrogen-bond acceptors (Lipinski definition) is 2. The van der Waals surface area contributed by atoms with Gasteiger partial charge < -0.3 is 4.74 Å². The second-order valence-corrected chi connectivity index (χ2v) is 5.21. The van der Waals surface area contributed by atoms with Crippen LogP contribution >= 0.6 is 0 Å². The van der Waals surface area contributed by atoms with E-state index in [9.17, 15) is 4.39 Å². The quantitative estimate of drug-likeness (QED) is 0.707. The Morgan fingerprint density at radius 2 is 2.06 bits per heavy atom. The van der Waals surface area contributed by atoms with Crippen LogP contribution in [0.15, 0.2) is 18.2 Å². The van der Waals surface area contributed by atoms with Crippen molar-refractivity contribution in [2.24, 2.45) is 5.41 Å². The molecular formula is C15H20FNO. The van der Waals surface area contributed by atoms with E-state index < -0.39 is 0 Å². The van der Waals surface area contributed by atoms with E-state index in [2.05, 4.69) is 6.07 Å².